The fourth-order valence-corrected chi connectivity index (χ4v) is 3.21. The van der Waals surface area contributed by atoms with Gasteiger partial charge in [0.15, 0.2) is 16.6 Å². The number of hydrogen-bond acceptors (Lipinski definition) is 7. The molecule has 128 valence electrons. The van der Waals surface area contributed by atoms with Gasteiger partial charge in [-0.15, -0.1) is 11.3 Å². The zero-order chi connectivity index (χ0) is 17.1. The van der Waals surface area contributed by atoms with E-state index in [2.05, 4.69) is 10.3 Å². The van der Waals surface area contributed by atoms with Gasteiger partial charge < -0.3 is 20.5 Å². The molecule has 0 saturated heterocycles. The van der Waals surface area contributed by atoms with Crippen molar-refractivity contribution in [1.82, 2.24) is 15.2 Å². The Morgan fingerprint density at radius 3 is 2.92 bits per heavy atom. The molecule has 0 spiro atoms. The second kappa shape index (κ2) is 7.06. The van der Waals surface area contributed by atoms with Gasteiger partial charge >= 0.3 is 0 Å². The lowest BCUT2D eigenvalue weighted by atomic mass is 10.0. The summed E-state index contributed by atoms with van der Waals surface area (Å²) in [6.45, 7) is 0.727. The predicted molar refractivity (Wildman–Crippen MR) is 92.2 cm³/mol. The Balaban J connectivity index is 1.65. The molecule has 7 nitrogen and oxygen atoms in total. The number of anilines is 1. The van der Waals surface area contributed by atoms with E-state index in [1.165, 1.54) is 11.3 Å². The van der Waals surface area contributed by atoms with Gasteiger partial charge in [0.1, 0.15) is 6.04 Å². The summed E-state index contributed by atoms with van der Waals surface area (Å²) in [5, 5.41) is 5.41. The number of ether oxygens (including phenoxy) is 2. The first-order chi connectivity index (χ1) is 11.5. The molecule has 1 unspecified atom stereocenters. The highest BCUT2D eigenvalue weighted by molar-refractivity contribution is 7.13. The summed E-state index contributed by atoms with van der Waals surface area (Å²) in [6.07, 6.45) is 0.653. The highest BCUT2D eigenvalue weighted by Crippen LogP contribution is 2.35. The van der Waals surface area contributed by atoms with Crippen LogP contribution in [0.25, 0.3) is 0 Å². The number of fused-ring (bicyclic) bond motifs is 1. The van der Waals surface area contributed by atoms with Crippen molar-refractivity contribution in [3.8, 4) is 11.5 Å². The molecule has 1 aromatic carbocycles. The fraction of sp³-hybridized carbons (Fsp3) is 0.375. The number of aromatic nitrogens is 1. The Labute approximate surface area is 144 Å². The summed E-state index contributed by atoms with van der Waals surface area (Å²) in [4.78, 5) is 18.7. The number of nitrogens with one attached hydrogen (secondary N) is 1. The molecule has 0 aliphatic carbocycles. The lowest BCUT2D eigenvalue weighted by Gasteiger charge is -2.24. The molecule has 0 bridgehead atoms. The van der Waals surface area contributed by atoms with Crippen LogP contribution in [0.1, 0.15) is 17.3 Å². The number of carbonyl (C=O) groups excluding carboxylic acids is 1. The number of hydrogen-bond donors (Lipinski definition) is 2. The first-order valence-corrected chi connectivity index (χ1v) is 8.46. The number of thiazole rings is 1. The Hall–Kier alpha value is -2.32. The van der Waals surface area contributed by atoms with Crippen LogP contribution >= 0.6 is 11.3 Å². The van der Waals surface area contributed by atoms with Crippen molar-refractivity contribution in [1.29, 1.82) is 0 Å². The summed E-state index contributed by atoms with van der Waals surface area (Å²) in [6, 6.07) is 5.17. The molecule has 8 heteroatoms. The average Bonchev–Trinajstić information content (AvgIpc) is 3.15. The first kappa shape index (κ1) is 16.5. The summed E-state index contributed by atoms with van der Waals surface area (Å²) in [5.41, 5.74) is 7.36. The smallest absolute Gasteiger partial charge is 0.241 e. The molecule has 2 heterocycles. The summed E-state index contributed by atoms with van der Waals surface area (Å²) in [5.74, 6) is 1.31. The minimum absolute atomic E-state index is 0.0675. The molecule has 0 fully saturated rings. The molecular formula is C16H20N4O3S. The standard InChI is InChI=1S/C16H20N4O3S/c1-20(2)14(10-3-4-12-13(7-10)23-9-22-12)15(21)18-6-5-11-8-24-16(17)19-11/h3-4,7-8,14H,5-6,9H2,1-2H3,(H2,17,19)(H,18,21). The topological polar surface area (TPSA) is 89.7 Å². The lowest BCUT2D eigenvalue weighted by molar-refractivity contribution is -0.125. The van der Waals surface area contributed by atoms with Crippen LogP contribution in [-0.2, 0) is 11.2 Å². The normalized spacial score (nSPS) is 14.0. The molecular weight excluding hydrogens is 328 g/mol. The fourth-order valence-electron chi connectivity index (χ4n) is 2.62. The second-order valence-electron chi connectivity index (χ2n) is 5.70. The van der Waals surface area contributed by atoms with Crippen LogP contribution in [0, 0.1) is 0 Å². The number of benzene rings is 1. The van der Waals surface area contributed by atoms with Crippen LogP contribution < -0.4 is 20.5 Å². The van der Waals surface area contributed by atoms with Gasteiger partial charge in [-0.05, 0) is 31.8 Å². The van der Waals surface area contributed by atoms with Crippen molar-refractivity contribution in [2.45, 2.75) is 12.5 Å². The van der Waals surface area contributed by atoms with Crippen LogP contribution in [0.5, 0.6) is 11.5 Å². The number of rotatable bonds is 6. The van der Waals surface area contributed by atoms with Gasteiger partial charge in [0.2, 0.25) is 12.7 Å². The quantitative estimate of drug-likeness (QED) is 0.820. The first-order valence-electron chi connectivity index (χ1n) is 7.58. The number of nitrogen functional groups attached to an aromatic ring is 1. The molecule has 1 aromatic heterocycles. The van der Waals surface area contributed by atoms with Crippen molar-refractivity contribution in [3.63, 3.8) is 0 Å². The molecule has 0 radical (unpaired) electrons. The van der Waals surface area contributed by atoms with Gasteiger partial charge in [-0.25, -0.2) is 4.98 Å². The molecule has 1 aliphatic heterocycles. The van der Waals surface area contributed by atoms with E-state index in [1.54, 1.807) is 0 Å². The zero-order valence-corrected chi connectivity index (χ0v) is 14.4. The van der Waals surface area contributed by atoms with Crippen molar-refractivity contribution in [2.75, 3.05) is 33.2 Å². The van der Waals surface area contributed by atoms with E-state index in [0.717, 1.165) is 11.3 Å². The van der Waals surface area contributed by atoms with Gasteiger partial charge in [0.05, 0.1) is 5.69 Å². The number of nitrogens with zero attached hydrogens (tertiary/aromatic N) is 2. The van der Waals surface area contributed by atoms with Crippen molar-refractivity contribution in [2.24, 2.45) is 0 Å². The third-order valence-corrected chi connectivity index (χ3v) is 4.45. The van der Waals surface area contributed by atoms with Gasteiger partial charge in [-0.3, -0.25) is 9.69 Å². The minimum atomic E-state index is -0.403. The molecule has 1 aliphatic rings. The number of nitrogens with two attached hydrogens (primary N) is 1. The van der Waals surface area contributed by atoms with Crippen molar-refractivity contribution in [3.05, 3.63) is 34.8 Å². The molecule has 24 heavy (non-hydrogen) atoms. The van der Waals surface area contributed by atoms with E-state index in [4.69, 9.17) is 15.2 Å². The molecule has 0 saturated carbocycles. The minimum Gasteiger partial charge on any atom is -0.454 e. The van der Waals surface area contributed by atoms with Crippen LogP contribution in [0.4, 0.5) is 5.13 Å². The zero-order valence-electron chi connectivity index (χ0n) is 13.6. The number of carbonyl (C=O) groups is 1. The maximum Gasteiger partial charge on any atom is 0.241 e. The van der Waals surface area contributed by atoms with E-state index in [0.29, 0.717) is 29.6 Å². The summed E-state index contributed by atoms with van der Waals surface area (Å²) >= 11 is 1.40. The van der Waals surface area contributed by atoms with E-state index in [-0.39, 0.29) is 12.7 Å². The Morgan fingerprint density at radius 2 is 2.21 bits per heavy atom. The number of likely N-dealkylation sites (N-methyl/N-ethyl adjacent to an activating group) is 1. The predicted octanol–water partition coefficient (Wildman–Crippen LogP) is 1.42. The second-order valence-corrected chi connectivity index (χ2v) is 6.59. The van der Waals surface area contributed by atoms with Gasteiger partial charge in [-0.1, -0.05) is 6.07 Å². The third-order valence-electron chi connectivity index (χ3n) is 3.73. The highest BCUT2D eigenvalue weighted by Gasteiger charge is 2.25. The molecule has 3 rings (SSSR count). The molecule has 1 atom stereocenters. The van der Waals surface area contributed by atoms with Crippen molar-refractivity contribution >= 4 is 22.4 Å². The molecule has 2 aromatic rings. The average molecular weight is 348 g/mol. The van der Waals surface area contributed by atoms with Crippen molar-refractivity contribution < 1.29 is 14.3 Å². The monoisotopic (exact) mass is 348 g/mol. The van der Waals surface area contributed by atoms with E-state index in [1.807, 2.05) is 42.6 Å². The SMILES string of the molecule is CN(C)C(C(=O)NCCc1csc(N)n1)c1ccc2c(c1)OCO2. The van der Waals surface area contributed by atoms with Crippen LogP contribution in [-0.4, -0.2) is 43.2 Å². The van der Waals surface area contributed by atoms with Crippen LogP contribution in [0.3, 0.4) is 0 Å². The Morgan fingerprint density at radius 1 is 1.42 bits per heavy atom. The van der Waals surface area contributed by atoms with Gasteiger partial charge in [0.25, 0.3) is 0 Å². The largest absolute Gasteiger partial charge is 0.454 e. The van der Waals surface area contributed by atoms with E-state index in [9.17, 15) is 4.79 Å². The van der Waals surface area contributed by atoms with Crippen LogP contribution in [0.2, 0.25) is 0 Å². The van der Waals surface area contributed by atoms with E-state index >= 15 is 0 Å². The Bertz CT molecular complexity index is 732. The van der Waals surface area contributed by atoms with E-state index < -0.39 is 6.04 Å². The highest BCUT2D eigenvalue weighted by atomic mass is 32.1. The molecule has 1 amide bonds. The third kappa shape index (κ3) is 3.60. The Kier molecular flexibility index (Phi) is 4.86. The summed E-state index contributed by atoms with van der Waals surface area (Å²) in [7, 11) is 3.74. The summed E-state index contributed by atoms with van der Waals surface area (Å²) < 4.78 is 10.7. The number of amides is 1. The maximum atomic E-state index is 12.6. The lowest BCUT2D eigenvalue weighted by Crippen LogP contribution is -2.37. The van der Waals surface area contributed by atoms with Crippen LogP contribution in [0.15, 0.2) is 23.6 Å². The van der Waals surface area contributed by atoms with Gasteiger partial charge in [0, 0.05) is 18.3 Å². The molecule has 3 N–H and O–H groups in total. The van der Waals surface area contributed by atoms with Gasteiger partial charge in [-0.2, -0.15) is 0 Å². The maximum absolute atomic E-state index is 12.6.